The molecule has 1 amide bonds. The number of amides is 1. The number of fused-ring (bicyclic) bond motifs is 1. The molecule has 25 heavy (non-hydrogen) atoms. The summed E-state index contributed by atoms with van der Waals surface area (Å²) in [5.74, 6) is -0.232. The molecular formula is C19H12ClN3OS. The number of carbonyl (C=O) groups is 1. The third kappa shape index (κ3) is 3.24. The first-order valence-electron chi connectivity index (χ1n) is 7.58. The van der Waals surface area contributed by atoms with Crippen molar-refractivity contribution in [3.05, 3.63) is 77.4 Å². The van der Waals surface area contributed by atoms with Gasteiger partial charge in [0.25, 0.3) is 5.91 Å². The maximum Gasteiger partial charge on any atom is 0.257 e. The van der Waals surface area contributed by atoms with Gasteiger partial charge in [0.15, 0.2) is 0 Å². The smallest absolute Gasteiger partial charge is 0.257 e. The van der Waals surface area contributed by atoms with Crippen LogP contribution in [0.5, 0.6) is 0 Å². The lowest BCUT2D eigenvalue weighted by molar-refractivity contribution is 0.102. The largest absolute Gasteiger partial charge is 0.322 e. The van der Waals surface area contributed by atoms with Crippen LogP contribution in [0.3, 0.4) is 0 Å². The van der Waals surface area contributed by atoms with Crippen molar-refractivity contribution in [2.24, 2.45) is 0 Å². The Bertz CT molecular complexity index is 1030. The van der Waals surface area contributed by atoms with Crippen molar-refractivity contribution in [2.75, 3.05) is 5.32 Å². The highest BCUT2D eigenvalue weighted by molar-refractivity contribution is 7.21. The summed E-state index contributed by atoms with van der Waals surface area (Å²) >= 11 is 7.40. The lowest BCUT2D eigenvalue weighted by Crippen LogP contribution is -2.13. The van der Waals surface area contributed by atoms with Crippen LogP contribution in [0, 0.1) is 0 Å². The van der Waals surface area contributed by atoms with Gasteiger partial charge in [0, 0.05) is 16.9 Å². The first-order chi connectivity index (χ1) is 12.2. The molecule has 0 aliphatic heterocycles. The van der Waals surface area contributed by atoms with Gasteiger partial charge in [-0.15, -0.1) is 11.3 Å². The standard InChI is InChI=1S/C19H12ClN3OS/c20-12-7-9-13(10-8-12)22-18(24)14-4-3-11-21-17(14)19-23-15-5-1-2-6-16(15)25-19/h1-11H,(H,22,24). The van der Waals surface area contributed by atoms with E-state index in [2.05, 4.69) is 15.3 Å². The number of benzene rings is 2. The van der Waals surface area contributed by atoms with Crippen molar-refractivity contribution < 1.29 is 4.79 Å². The number of para-hydroxylation sites is 1. The third-order valence-electron chi connectivity index (χ3n) is 3.65. The molecule has 1 N–H and O–H groups in total. The van der Waals surface area contributed by atoms with Crippen LogP contribution in [0.15, 0.2) is 66.9 Å². The van der Waals surface area contributed by atoms with Crippen molar-refractivity contribution in [3.63, 3.8) is 0 Å². The molecule has 4 nitrogen and oxygen atoms in total. The topological polar surface area (TPSA) is 54.9 Å². The molecule has 0 radical (unpaired) electrons. The van der Waals surface area contributed by atoms with Crippen LogP contribution in [-0.4, -0.2) is 15.9 Å². The van der Waals surface area contributed by atoms with E-state index in [0.717, 1.165) is 15.2 Å². The minimum atomic E-state index is -0.232. The zero-order valence-electron chi connectivity index (χ0n) is 12.9. The third-order valence-corrected chi connectivity index (χ3v) is 4.95. The highest BCUT2D eigenvalue weighted by Crippen LogP contribution is 2.31. The highest BCUT2D eigenvalue weighted by atomic mass is 35.5. The summed E-state index contributed by atoms with van der Waals surface area (Å²) in [5.41, 5.74) is 2.64. The number of rotatable bonds is 3. The first-order valence-corrected chi connectivity index (χ1v) is 8.78. The summed E-state index contributed by atoms with van der Waals surface area (Å²) in [6.45, 7) is 0. The predicted molar refractivity (Wildman–Crippen MR) is 102 cm³/mol. The average molecular weight is 366 g/mol. The van der Waals surface area contributed by atoms with E-state index < -0.39 is 0 Å². The second kappa shape index (κ2) is 6.63. The Labute approximate surface area is 153 Å². The average Bonchev–Trinajstić information content (AvgIpc) is 3.07. The van der Waals surface area contributed by atoms with Gasteiger partial charge in [-0.05, 0) is 48.5 Å². The fourth-order valence-electron chi connectivity index (χ4n) is 2.46. The maximum atomic E-state index is 12.7. The summed E-state index contributed by atoms with van der Waals surface area (Å²) in [5, 5.41) is 4.21. The zero-order valence-corrected chi connectivity index (χ0v) is 14.5. The number of nitrogens with zero attached hydrogens (tertiary/aromatic N) is 2. The van der Waals surface area contributed by atoms with Crippen molar-refractivity contribution in [2.45, 2.75) is 0 Å². The molecule has 122 valence electrons. The monoisotopic (exact) mass is 365 g/mol. The van der Waals surface area contributed by atoms with Crippen LogP contribution in [0.2, 0.25) is 5.02 Å². The molecule has 0 unspecified atom stereocenters. The minimum Gasteiger partial charge on any atom is -0.322 e. The van der Waals surface area contributed by atoms with E-state index in [1.165, 1.54) is 11.3 Å². The van der Waals surface area contributed by atoms with Crippen LogP contribution in [0.1, 0.15) is 10.4 Å². The number of halogens is 1. The van der Waals surface area contributed by atoms with E-state index in [-0.39, 0.29) is 5.91 Å². The molecule has 0 aliphatic carbocycles. The summed E-state index contributed by atoms with van der Waals surface area (Å²) in [7, 11) is 0. The second-order valence-electron chi connectivity index (χ2n) is 5.35. The number of anilines is 1. The number of aromatic nitrogens is 2. The van der Waals surface area contributed by atoms with E-state index in [0.29, 0.717) is 22.0 Å². The summed E-state index contributed by atoms with van der Waals surface area (Å²) in [4.78, 5) is 21.7. The molecule has 6 heteroatoms. The van der Waals surface area contributed by atoms with E-state index in [9.17, 15) is 4.79 Å². The van der Waals surface area contributed by atoms with Crippen molar-refractivity contribution in [3.8, 4) is 10.7 Å². The molecule has 4 aromatic rings. The molecule has 0 fully saturated rings. The summed E-state index contributed by atoms with van der Waals surface area (Å²) in [6, 6.07) is 18.3. The summed E-state index contributed by atoms with van der Waals surface area (Å²) < 4.78 is 1.06. The molecule has 0 aliphatic rings. The maximum absolute atomic E-state index is 12.7. The van der Waals surface area contributed by atoms with Gasteiger partial charge in [0.05, 0.1) is 15.8 Å². The SMILES string of the molecule is O=C(Nc1ccc(Cl)cc1)c1cccnc1-c1nc2ccccc2s1. The quantitative estimate of drug-likeness (QED) is 0.538. The predicted octanol–water partition coefficient (Wildman–Crippen LogP) is 5.26. The second-order valence-corrected chi connectivity index (χ2v) is 6.81. The van der Waals surface area contributed by atoms with Crippen molar-refractivity contribution in [1.82, 2.24) is 9.97 Å². The van der Waals surface area contributed by atoms with E-state index in [4.69, 9.17) is 11.6 Å². The zero-order chi connectivity index (χ0) is 17.2. The van der Waals surface area contributed by atoms with Gasteiger partial charge in [-0.25, -0.2) is 4.98 Å². The molecule has 2 heterocycles. The lowest BCUT2D eigenvalue weighted by Gasteiger charge is -2.08. The van der Waals surface area contributed by atoms with Crippen LogP contribution >= 0.6 is 22.9 Å². The minimum absolute atomic E-state index is 0.232. The van der Waals surface area contributed by atoms with Crippen LogP contribution in [-0.2, 0) is 0 Å². The first kappa shape index (κ1) is 15.7. The Hall–Kier alpha value is -2.76. The Balaban J connectivity index is 1.70. The van der Waals surface area contributed by atoms with Crippen LogP contribution in [0.4, 0.5) is 5.69 Å². The fraction of sp³-hybridized carbons (Fsp3) is 0. The van der Waals surface area contributed by atoms with Gasteiger partial charge in [0.1, 0.15) is 10.7 Å². The van der Waals surface area contributed by atoms with E-state index in [1.807, 2.05) is 24.3 Å². The molecule has 2 aromatic carbocycles. The van der Waals surface area contributed by atoms with E-state index >= 15 is 0 Å². The van der Waals surface area contributed by atoms with E-state index in [1.54, 1.807) is 42.6 Å². The molecule has 0 saturated carbocycles. The Morgan fingerprint density at radius 2 is 1.80 bits per heavy atom. The Kier molecular flexibility index (Phi) is 4.17. The molecule has 0 spiro atoms. The molecule has 0 saturated heterocycles. The number of thiazole rings is 1. The Morgan fingerprint density at radius 3 is 2.60 bits per heavy atom. The molecule has 0 bridgehead atoms. The highest BCUT2D eigenvalue weighted by Gasteiger charge is 2.17. The van der Waals surface area contributed by atoms with Gasteiger partial charge >= 0.3 is 0 Å². The summed E-state index contributed by atoms with van der Waals surface area (Å²) in [6.07, 6.45) is 1.67. The van der Waals surface area contributed by atoms with Gasteiger partial charge in [-0.2, -0.15) is 0 Å². The molecular weight excluding hydrogens is 354 g/mol. The Morgan fingerprint density at radius 1 is 1.00 bits per heavy atom. The molecule has 2 aromatic heterocycles. The normalized spacial score (nSPS) is 10.8. The van der Waals surface area contributed by atoms with Gasteiger partial charge in [-0.3, -0.25) is 9.78 Å². The number of carbonyl (C=O) groups excluding carboxylic acids is 1. The van der Waals surface area contributed by atoms with Crippen molar-refractivity contribution in [1.29, 1.82) is 0 Å². The number of hydrogen-bond acceptors (Lipinski definition) is 4. The number of pyridine rings is 1. The van der Waals surface area contributed by atoms with Crippen molar-refractivity contribution >= 4 is 44.7 Å². The van der Waals surface area contributed by atoms with Gasteiger partial charge in [0.2, 0.25) is 0 Å². The van der Waals surface area contributed by atoms with Crippen LogP contribution in [0.25, 0.3) is 20.9 Å². The number of hydrogen-bond donors (Lipinski definition) is 1. The molecule has 0 atom stereocenters. The number of nitrogens with one attached hydrogen (secondary N) is 1. The van der Waals surface area contributed by atoms with Crippen LogP contribution < -0.4 is 5.32 Å². The van der Waals surface area contributed by atoms with Gasteiger partial charge < -0.3 is 5.32 Å². The fourth-order valence-corrected chi connectivity index (χ4v) is 3.57. The molecule has 4 rings (SSSR count). The van der Waals surface area contributed by atoms with Gasteiger partial charge in [-0.1, -0.05) is 23.7 Å². The lowest BCUT2D eigenvalue weighted by atomic mass is 10.1.